The second kappa shape index (κ2) is 8.62. The lowest BCUT2D eigenvalue weighted by molar-refractivity contribution is -0.0511. The first kappa shape index (κ1) is 21.2. The number of imidazole rings is 1. The Hall–Kier alpha value is -3.01. The van der Waals surface area contributed by atoms with Gasteiger partial charge in [-0.3, -0.25) is 4.57 Å². The van der Waals surface area contributed by atoms with Gasteiger partial charge in [0.05, 0.1) is 20.0 Å². The molecule has 4 atom stereocenters. The lowest BCUT2D eigenvalue weighted by atomic mass is 10.1. The maximum absolute atomic E-state index is 10.3. The van der Waals surface area contributed by atoms with Crippen molar-refractivity contribution in [2.45, 2.75) is 31.1 Å². The van der Waals surface area contributed by atoms with E-state index in [0.29, 0.717) is 16.3 Å². The highest BCUT2D eigenvalue weighted by molar-refractivity contribution is 6.30. The van der Waals surface area contributed by atoms with Crippen molar-refractivity contribution in [1.29, 1.82) is 5.26 Å². The number of hydrogen-bond donors (Lipinski definition) is 4. The Morgan fingerprint density at radius 3 is 2.81 bits per heavy atom. The Labute approximate surface area is 181 Å². The number of aromatic nitrogens is 4. The van der Waals surface area contributed by atoms with Crippen LogP contribution in [0, 0.1) is 11.3 Å². The summed E-state index contributed by atoms with van der Waals surface area (Å²) in [5, 5.41) is 42.7. The highest BCUT2D eigenvalue weighted by Gasteiger charge is 2.44. The molecule has 2 aromatic heterocycles. The summed E-state index contributed by atoms with van der Waals surface area (Å²) < 4.78 is 12.3. The molecule has 0 radical (unpaired) electrons. The monoisotopic (exact) mass is 446 g/mol. The fraction of sp³-hybridized carbons (Fsp3) is 0.368. The normalized spacial score (nSPS) is 23.1. The minimum Gasteiger partial charge on any atom is -0.496 e. The number of benzene rings is 1. The molecule has 0 unspecified atom stereocenters. The number of nitrogens with zero attached hydrogens (tertiary/aromatic N) is 5. The van der Waals surface area contributed by atoms with Gasteiger partial charge in [-0.05, 0) is 18.2 Å². The van der Waals surface area contributed by atoms with Gasteiger partial charge in [0.15, 0.2) is 23.2 Å². The zero-order valence-electron chi connectivity index (χ0n) is 16.3. The predicted molar refractivity (Wildman–Crippen MR) is 108 cm³/mol. The van der Waals surface area contributed by atoms with Gasteiger partial charge in [0.1, 0.15) is 30.1 Å². The number of halogens is 1. The fourth-order valence-electron chi connectivity index (χ4n) is 3.45. The van der Waals surface area contributed by atoms with Crippen molar-refractivity contribution < 1.29 is 24.8 Å². The highest BCUT2D eigenvalue weighted by atomic mass is 35.5. The maximum atomic E-state index is 10.3. The molecule has 1 aliphatic rings. The van der Waals surface area contributed by atoms with Crippen molar-refractivity contribution in [3.8, 4) is 11.8 Å². The number of anilines is 1. The Kier molecular flexibility index (Phi) is 5.90. The van der Waals surface area contributed by atoms with Crippen LogP contribution in [0.5, 0.6) is 5.75 Å². The first-order chi connectivity index (χ1) is 15.0. The molecule has 3 aromatic rings. The fourth-order valence-corrected chi connectivity index (χ4v) is 3.64. The van der Waals surface area contributed by atoms with E-state index >= 15 is 0 Å². The van der Waals surface area contributed by atoms with Crippen LogP contribution in [0.3, 0.4) is 0 Å². The van der Waals surface area contributed by atoms with Crippen LogP contribution in [-0.2, 0) is 11.3 Å². The molecule has 1 aromatic carbocycles. The van der Waals surface area contributed by atoms with E-state index in [2.05, 4.69) is 20.3 Å². The second-order valence-electron chi connectivity index (χ2n) is 6.87. The summed E-state index contributed by atoms with van der Waals surface area (Å²) in [6, 6.07) is 7.09. The SMILES string of the molecule is COc1ccc(Cl)cc1CNc1nc(C#N)nc2c1ncn2[C@@H]1O[C@H](CO)[C@@H](O)[C@H]1O. The lowest BCUT2D eigenvalue weighted by Gasteiger charge is -2.16. The molecule has 4 N–H and O–H groups in total. The van der Waals surface area contributed by atoms with Crippen molar-refractivity contribution in [3.63, 3.8) is 0 Å². The molecule has 0 spiro atoms. The molecule has 11 nitrogen and oxygen atoms in total. The average Bonchev–Trinajstić information content (AvgIpc) is 3.32. The number of nitriles is 1. The third-order valence-corrected chi connectivity index (χ3v) is 5.24. The topological polar surface area (TPSA) is 159 Å². The zero-order valence-corrected chi connectivity index (χ0v) is 17.1. The predicted octanol–water partition coefficient (Wildman–Crippen LogP) is 0.584. The standard InChI is InChI=1S/C19H19ClN6O5/c1-30-11-3-2-10(20)4-9(11)6-22-17-14-18(25-13(5-21)24-17)26(8-23-14)19-16(29)15(28)12(7-27)31-19/h2-4,8,12,15-16,19,27-29H,6-7H2,1H3,(H,22,24,25)/t12-,15-,16-,19-/m1/s1. The van der Waals surface area contributed by atoms with Crippen LogP contribution in [0.1, 0.15) is 17.6 Å². The zero-order chi connectivity index (χ0) is 22.1. The molecule has 1 fully saturated rings. The van der Waals surface area contributed by atoms with Crippen molar-refractivity contribution in [2.24, 2.45) is 0 Å². The average molecular weight is 447 g/mol. The van der Waals surface area contributed by atoms with E-state index in [-0.39, 0.29) is 23.8 Å². The van der Waals surface area contributed by atoms with E-state index in [9.17, 15) is 20.6 Å². The minimum atomic E-state index is -1.32. The van der Waals surface area contributed by atoms with Crippen molar-refractivity contribution in [3.05, 3.63) is 40.9 Å². The largest absolute Gasteiger partial charge is 0.496 e. The van der Waals surface area contributed by atoms with Crippen LogP contribution in [0.25, 0.3) is 11.2 Å². The Morgan fingerprint density at radius 2 is 2.13 bits per heavy atom. The summed E-state index contributed by atoms with van der Waals surface area (Å²) in [6.45, 7) is -0.185. The molecule has 1 saturated heterocycles. The number of hydrogen-bond acceptors (Lipinski definition) is 10. The van der Waals surface area contributed by atoms with E-state index < -0.39 is 31.1 Å². The van der Waals surface area contributed by atoms with Gasteiger partial charge in [-0.25, -0.2) is 4.98 Å². The quantitative estimate of drug-likeness (QED) is 0.422. The van der Waals surface area contributed by atoms with Crippen molar-refractivity contribution in [2.75, 3.05) is 19.0 Å². The van der Waals surface area contributed by atoms with E-state index in [1.54, 1.807) is 25.3 Å². The van der Waals surface area contributed by atoms with Crippen LogP contribution < -0.4 is 10.1 Å². The number of rotatable bonds is 6. The number of aliphatic hydroxyl groups is 3. The first-order valence-corrected chi connectivity index (χ1v) is 9.68. The summed E-state index contributed by atoms with van der Waals surface area (Å²) in [5.41, 5.74) is 1.32. The van der Waals surface area contributed by atoms with Gasteiger partial charge in [0, 0.05) is 17.1 Å². The van der Waals surface area contributed by atoms with Gasteiger partial charge in [0.25, 0.3) is 0 Å². The Morgan fingerprint density at radius 1 is 1.32 bits per heavy atom. The third kappa shape index (κ3) is 3.87. The summed E-state index contributed by atoms with van der Waals surface area (Å²) >= 11 is 6.08. The molecule has 31 heavy (non-hydrogen) atoms. The smallest absolute Gasteiger partial charge is 0.236 e. The minimum absolute atomic E-state index is 0.124. The van der Waals surface area contributed by atoms with E-state index in [1.165, 1.54) is 10.9 Å². The van der Waals surface area contributed by atoms with Crippen LogP contribution in [0.4, 0.5) is 5.82 Å². The van der Waals surface area contributed by atoms with Gasteiger partial charge in [-0.15, -0.1) is 0 Å². The molecule has 4 rings (SSSR count). The van der Waals surface area contributed by atoms with Gasteiger partial charge in [-0.1, -0.05) is 11.6 Å². The van der Waals surface area contributed by atoms with E-state index in [1.807, 2.05) is 6.07 Å². The van der Waals surface area contributed by atoms with Crippen LogP contribution in [-0.4, -0.2) is 66.9 Å². The Bertz CT molecular complexity index is 1150. The first-order valence-electron chi connectivity index (χ1n) is 9.30. The molecule has 0 bridgehead atoms. The molecule has 0 amide bonds. The summed E-state index contributed by atoms with van der Waals surface area (Å²) in [6.07, 6.45) is -3.23. The molecule has 3 heterocycles. The molecule has 12 heteroatoms. The Balaban J connectivity index is 1.70. The van der Waals surface area contributed by atoms with Crippen LogP contribution >= 0.6 is 11.6 Å². The molecular weight excluding hydrogens is 428 g/mol. The number of methoxy groups -OCH3 is 1. The number of fused-ring (bicyclic) bond motifs is 1. The maximum Gasteiger partial charge on any atom is 0.236 e. The van der Waals surface area contributed by atoms with Crippen LogP contribution in [0.15, 0.2) is 24.5 Å². The second-order valence-corrected chi connectivity index (χ2v) is 7.31. The van der Waals surface area contributed by atoms with Gasteiger partial charge >= 0.3 is 0 Å². The van der Waals surface area contributed by atoms with Gasteiger partial charge < -0.3 is 30.1 Å². The molecule has 162 valence electrons. The van der Waals surface area contributed by atoms with Gasteiger partial charge in [0.2, 0.25) is 5.82 Å². The third-order valence-electron chi connectivity index (χ3n) is 5.00. The molecule has 1 aliphatic heterocycles. The van der Waals surface area contributed by atoms with Crippen molar-refractivity contribution in [1.82, 2.24) is 19.5 Å². The molecule has 0 aliphatic carbocycles. The number of nitrogens with one attached hydrogen (secondary N) is 1. The summed E-state index contributed by atoms with van der Waals surface area (Å²) in [5.74, 6) is 0.787. The highest BCUT2D eigenvalue weighted by Crippen LogP contribution is 2.32. The number of aliphatic hydroxyl groups excluding tert-OH is 3. The molecular formula is C19H19ClN6O5. The van der Waals surface area contributed by atoms with Crippen LogP contribution in [0.2, 0.25) is 5.02 Å². The lowest BCUT2D eigenvalue weighted by Crippen LogP contribution is -2.33. The summed E-state index contributed by atoms with van der Waals surface area (Å²) in [7, 11) is 1.55. The van der Waals surface area contributed by atoms with E-state index in [4.69, 9.17) is 21.1 Å². The van der Waals surface area contributed by atoms with Gasteiger partial charge in [-0.2, -0.15) is 15.2 Å². The molecule has 0 saturated carbocycles. The summed E-state index contributed by atoms with van der Waals surface area (Å²) in [4.78, 5) is 12.7. The van der Waals surface area contributed by atoms with E-state index in [0.717, 1.165) is 5.56 Å². The van der Waals surface area contributed by atoms with Crippen molar-refractivity contribution >= 4 is 28.6 Å². The number of ether oxygens (including phenoxy) is 2.